The summed E-state index contributed by atoms with van der Waals surface area (Å²) in [7, 11) is -3.35. The molecule has 74 valence electrons. The summed E-state index contributed by atoms with van der Waals surface area (Å²) in [6.07, 6.45) is 1.80. The molecule has 2 rings (SSSR count). The van der Waals surface area contributed by atoms with E-state index in [1.165, 1.54) is 0 Å². The zero-order chi connectivity index (χ0) is 10.0. The molecule has 1 heterocycles. The molecule has 14 heavy (non-hydrogen) atoms. The summed E-state index contributed by atoms with van der Waals surface area (Å²) in [5, 5.41) is 0. The fraction of sp³-hybridized carbons (Fsp3) is 0.200. The van der Waals surface area contributed by atoms with Crippen LogP contribution in [0.3, 0.4) is 0 Å². The Morgan fingerprint density at radius 3 is 2.50 bits per heavy atom. The summed E-state index contributed by atoms with van der Waals surface area (Å²) in [4.78, 5) is 0. The Balaban J connectivity index is 2.33. The van der Waals surface area contributed by atoms with Gasteiger partial charge < -0.3 is 0 Å². The van der Waals surface area contributed by atoms with Gasteiger partial charge in [0.05, 0.1) is 6.61 Å². The molecule has 1 aliphatic heterocycles. The van der Waals surface area contributed by atoms with Gasteiger partial charge in [-0.05, 0) is 11.1 Å². The van der Waals surface area contributed by atoms with Crippen molar-refractivity contribution in [2.45, 2.75) is 0 Å². The molecule has 0 saturated carbocycles. The highest BCUT2D eigenvalue weighted by molar-refractivity contribution is 7.87. The molecule has 0 aromatic heterocycles. The Morgan fingerprint density at radius 2 is 1.86 bits per heavy atom. The van der Waals surface area contributed by atoms with Crippen molar-refractivity contribution in [2.24, 2.45) is 0 Å². The number of hydrogen-bond acceptors (Lipinski definition) is 3. The van der Waals surface area contributed by atoms with Gasteiger partial charge in [0.1, 0.15) is 5.75 Å². The Labute approximate surface area is 83.1 Å². The number of benzene rings is 1. The topological polar surface area (TPSA) is 43.4 Å². The highest BCUT2D eigenvalue weighted by Gasteiger charge is 2.19. The molecular weight excluding hydrogens is 200 g/mol. The van der Waals surface area contributed by atoms with Crippen molar-refractivity contribution in [1.29, 1.82) is 0 Å². The second-order valence-electron chi connectivity index (χ2n) is 3.08. The van der Waals surface area contributed by atoms with Gasteiger partial charge in [0.25, 0.3) is 10.1 Å². The first-order valence-electron chi connectivity index (χ1n) is 4.29. The molecule has 0 spiro atoms. The van der Waals surface area contributed by atoms with E-state index in [-0.39, 0.29) is 12.4 Å². The zero-order valence-corrected chi connectivity index (χ0v) is 8.33. The molecular formula is C10H10O3S. The summed E-state index contributed by atoms with van der Waals surface area (Å²) in [5.41, 5.74) is 1.76. The van der Waals surface area contributed by atoms with Crippen LogP contribution < -0.4 is 0 Å². The van der Waals surface area contributed by atoms with Crippen LogP contribution in [0, 0.1) is 0 Å². The van der Waals surface area contributed by atoms with Crippen molar-refractivity contribution < 1.29 is 12.6 Å². The van der Waals surface area contributed by atoms with Gasteiger partial charge in [0, 0.05) is 0 Å². The summed E-state index contributed by atoms with van der Waals surface area (Å²) in [6, 6.07) is 9.47. The SMILES string of the molecule is O=S1(=O)CC(c2ccccc2)=CCO1. The third-order valence-electron chi connectivity index (χ3n) is 2.05. The fourth-order valence-electron chi connectivity index (χ4n) is 1.38. The van der Waals surface area contributed by atoms with Crippen molar-refractivity contribution in [3.05, 3.63) is 42.0 Å². The largest absolute Gasteiger partial charge is 0.271 e. The molecule has 1 aromatic rings. The van der Waals surface area contributed by atoms with E-state index in [0.29, 0.717) is 0 Å². The first kappa shape index (κ1) is 9.43. The monoisotopic (exact) mass is 210 g/mol. The van der Waals surface area contributed by atoms with E-state index >= 15 is 0 Å². The van der Waals surface area contributed by atoms with Crippen LogP contribution in [0.15, 0.2) is 36.4 Å². The van der Waals surface area contributed by atoms with Gasteiger partial charge in [-0.15, -0.1) is 0 Å². The van der Waals surface area contributed by atoms with Gasteiger partial charge in [-0.2, -0.15) is 8.42 Å². The van der Waals surface area contributed by atoms with E-state index in [2.05, 4.69) is 4.18 Å². The predicted molar refractivity (Wildman–Crippen MR) is 54.2 cm³/mol. The summed E-state index contributed by atoms with van der Waals surface area (Å²) < 4.78 is 27.0. The van der Waals surface area contributed by atoms with Crippen molar-refractivity contribution in [3.63, 3.8) is 0 Å². The molecule has 0 aliphatic carbocycles. The lowest BCUT2D eigenvalue weighted by molar-refractivity contribution is 0.355. The van der Waals surface area contributed by atoms with E-state index in [9.17, 15) is 8.42 Å². The molecule has 0 atom stereocenters. The minimum absolute atomic E-state index is 0.0307. The quantitative estimate of drug-likeness (QED) is 0.658. The maximum Gasteiger partial charge on any atom is 0.271 e. The second kappa shape index (κ2) is 3.55. The maximum atomic E-state index is 11.2. The molecule has 4 heteroatoms. The van der Waals surface area contributed by atoms with E-state index in [1.54, 1.807) is 6.08 Å². The van der Waals surface area contributed by atoms with Crippen LogP contribution in [0.5, 0.6) is 0 Å². The summed E-state index contributed by atoms with van der Waals surface area (Å²) in [5.74, 6) is -0.0307. The van der Waals surface area contributed by atoms with Crippen LogP contribution >= 0.6 is 0 Å². The summed E-state index contributed by atoms with van der Waals surface area (Å²) >= 11 is 0. The normalized spacial score (nSPS) is 20.1. The number of rotatable bonds is 1. The van der Waals surface area contributed by atoms with Gasteiger partial charge in [0.2, 0.25) is 0 Å². The minimum atomic E-state index is -3.35. The molecule has 0 bridgehead atoms. The molecule has 0 fully saturated rings. The van der Waals surface area contributed by atoms with Crippen LogP contribution in [0.1, 0.15) is 5.56 Å². The Hall–Kier alpha value is -1.13. The lowest BCUT2D eigenvalue weighted by atomic mass is 10.1. The molecule has 0 unspecified atom stereocenters. The molecule has 0 N–H and O–H groups in total. The third-order valence-corrected chi connectivity index (χ3v) is 3.21. The van der Waals surface area contributed by atoms with Crippen LogP contribution in [-0.4, -0.2) is 20.8 Å². The van der Waals surface area contributed by atoms with Crippen LogP contribution in [-0.2, 0) is 14.3 Å². The molecule has 0 radical (unpaired) electrons. The van der Waals surface area contributed by atoms with Gasteiger partial charge in [0.15, 0.2) is 0 Å². The van der Waals surface area contributed by atoms with Gasteiger partial charge in [-0.1, -0.05) is 36.4 Å². The second-order valence-corrected chi connectivity index (χ2v) is 4.72. The van der Waals surface area contributed by atoms with E-state index in [4.69, 9.17) is 0 Å². The van der Waals surface area contributed by atoms with Crippen molar-refractivity contribution >= 4 is 15.7 Å². The lowest BCUT2D eigenvalue weighted by Crippen LogP contribution is -2.17. The predicted octanol–water partition coefficient (Wildman–Crippen LogP) is 1.43. The van der Waals surface area contributed by atoms with Gasteiger partial charge >= 0.3 is 0 Å². The number of hydrogen-bond donors (Lipinski definition) is 0. The highest BCUT2D eigenvalue weighted by Crippen LogP contribution is 2.20. The maximum absolute atomic E-state index is 11.2. The van der Waals surface area contributed by atoms with Gasteiger partial charge in [-0.25, -0.2) is 0 Å². The standard InChI is InChI=1S/C10H10O3S/c11-14(12)8-10(6-7-13-14)9-4-2-1-3-5-9/h1-6H,7-8H2. The molecule has 1 aliphatic rings. The van der Waals surface area contributed by atoms with Crippen LogP contribution in [0.4, 0.5) is 0 Å². The Kier molecular flexibility index (Phi) is 2.39. The average Bonchev–Trinajstić information content (AvgIpc) is 2.18. The molecule has 3 nitrogen and oxygen atoms in total. The fourth-order valence-corrected chi connectivity index (χ4v) is 2.41. The molecule has 0 amide bonds. The molecule has 1 aromatic carbocycles. The summed E-state index contributed by atoms with van der Waals surface area (Å²) in [6.45, 7) is 0.145. The minimum Gasteiger partial charge on any atom is -0.266 e. The third kappa shape index (κ3) is 2.02. The molecule has 0 saturated heterocycles. The first-order chi connectivity index (χ1) is 6.67. The van der Waals surface area contributed by atoms with Crippen molar-refractivity contribution in [1.82, 2.24) is 0 Å². The van der Waals surface area contributed by atoms with E-state index in [1.807, 2.05) is 30.3 Å². The zero-order valence-electron chi connectivity index (χ0n) is 7.51. The van der Waals surface area contributed by atoms with Crippen molar-refractivity contribution in [2.75, 3.05) is 12.4 Å². The average molecular weight is 210 g/mol. The lowest BCUT2D eigenvalue weighted by Gasteiger charge is -2.13. The van der Waals surface area contributed by atoms with Gasteiger partial charge in [-0.3, -0.25) is 4.18 Å². The Morgan fingerprint density at radius 1 is 1.14 bits per heavy atom. The Bertz CT molecular complexity index is 446. The van der Waals surface area contributed by atoms with E-state index < -0.39 is 10.1 Å². The van der Waals surface area contributed by atoms with E-state index in [0.717, 1.165) is 11.1 Å². The van der Waals surface area contributed by atoms with Crippen LogP contribution in [0.2, 0.25) is 0 Å². The first-order valence-corrected chi connectivity index (χ1v) is 5.87. The smallest absolute Gasteiger partial charge is 0.266 e. The van der Waals surface area contributed by atoms with Crippen molar-refractivity contribution in [3.8, 4) is 0 Å². The highest BCUT2D eigenvalue weighted by atomic mass is 32.2. The van der Waals surface area contributed by atoms with Crippen LogP contribution in [0.25, 0.3) is 5.57 Å².